The van der Waals surface area contributed by atoms with Crippen molar-refractivity contribution in [3.05, 3.63) is 59.2 Å². The summed E-state index contributed by atoms with van der Waals surface area (Å²) in [5, 5.41) is 0. The summed E-state index contributed by atoms with van der Waals surface area (Å²) in [6, 6.07) is 12.5. The maximum absolute atomic E-state index is 12.9. The van der Waals surface area contributed by atoms with E-state index in [0.29, 0.717) is 42.4 Å². The van der Waals surface area contributed by atoms with Crippen LogP contribution in [0.4, 0.5) is 0 Å². The first-order valence-corrected chi connectivity index (χ1v) is 10.0. The van der Waals surface area contributed by atoms with E-state index in [1.54, 1.807) is 30.3 Å². The summed E-state index contributed by atoms with van der Waals surface area (Å²) in [5.74, 6) is 1.51. The van der Waals surface area contributed by atoms with Crippen LogP contribution in [0.5, 0.6) is 11.5 Å². The van der Waals surface area contributed by atoms with E-state index in [1.807, 2.05) is 19.1 Å². The van der Waals surface area contributed by atoms with Crippen LogP contribution in [0.1, 0.15) is 55.1 Å². The van der Waals surface area contributed by atoms with Crippen molar-refractivity contribution in [2.24, 2.45) is 5.92 Å². The summed E-state index contributed by atoms with van der Waals surface area (Å²) >= 11 is 0. The number of carbonyl (C=O) groups excluding carboxylic acids is 2. The molecule has 0 N–H and O–H groups in total. The lowest BCUT2D eigenvalue weighted by Gasteiger charge is -2.13. The van der Waals surface area contributed by atoms with Crippen LogP contribution >= 0.6 is 0 Å². The van der Waals surface area contributed by atoms with E-state index < -0.39 is 0 Å². The molecule has 0 saturated heterocycles. The molecule has 156 valence electrons. The molecule has 0 heterocycles. The molecule has 5 nitrogen and oxygen atoms in total. The van der Waals surface area contributed by atoms with Crippen LogP contribution in [0.3, 0.4) is 0 Å². The summed E-state index contributed by atoms with van der Waals surface area (Å²) in [5.41, 5.74) is 1.97. The Morgan fingerprint density at radius 1 is 0.966 bits per heavy atom. The summed E-state index contributed by atoms with van der Waals surface area (Å²) < 4.78 is 16.2. The van der Waals surface area contributed by atoms with Crippen molar-refractivity contribution >= 4 is 11.8 Å². The molecule has 0 fully saturated rings. The van der Waals surface area contributed by atoms with Crippen molar-refractivity contribution < 1.29 is 23.8 Å². The normalized spacial score (nSPS) is 10.7. The maximum atomic E-state index is 12.9. The number of carbonyl (C=O) groups is 2. The monoisotopic (exact) mass is 398 g/mol. The van der Waals surface area contributed by atoms with E-state index in [1.165, 1.54) is 7.11 Å². The fourth-order valence-electron chi connectivity index (χ4n) is 2.74. The molecule has 5 heteroatoms. The van der Waals surface area contributed by atoms with E-state index in [2.05, 4.69) is 13.8 Å². The predicted molar refractivity (Wildman–Crippen MR) is 113 cm³/mol. The summed E-state index contributed by atoms with van der Waals surface area (Å²) in [6.45, 7) is 7.42. The molecule has 0 bridgehead atoms. The quantitative estimate of drug-likeness (QED) is 0.400. The van der Waals surface area contributed by atoms with Gasteiger partial charge in [0.2, 0.25) is 0 Å². The number of aryl methyl sites for hydroxylation is 1. The summed E-state index contributed by atoms with van der Waals surface area (Å²) in [4.78, 5) is 24.5. The van der Waals surface area contributed by atoms with E-state index in [4.69, 9.17) is 14.2 Å². The lowest BCUT2D eigenvalue weighted by atomic mass is 9.99. The fourth-order valence-corrected chi connectivity index (χ4v) is 2.74. The number of benzene rings is 2. The minimum atomic E-state index is -0.292. The average molecular weight is 398 g/mol. The zero-order valence-corrected chi connectivity index (χ0v) is 17.7. The minimum absolute atomic E-state index is 0.0817. The molecule has 0 spiro atoms. The Morgan fingerprint density at radius 3 is 2.28 bits per heavy atom. The van der Waals surface area contributed by atoms with Crippen LogP contribution in [0.2, 0.25) is 0 Å². The molecule has 0 aromatic heterocycles. The molecular formula is C24H30O5. The Labute approximate surface area is 173 Å². The number of esters is 1. The predicted octanol–water partition coefficient (Wildman–Crippen LogP) is 4.85. The lowest BCUT2D eigenvalue weighted by Crippen LogP contribution is -2.07. The molecule has 2 rings (SSSR count). The van der Waals surface area contributed by atoms with Gasteiger partial charge in [-0.3, -0.25) is 9.59 Å². The van der Waals surface area contributed by atoms with Gasteiger partial charge in [0.1, 0.15) is 11.5 Å². The third kappa shape index (κ3) is 6.93. The van der Waals surface area contributed by atoms with Crippen LogP contribution in [0.25, 0.3) is 0 Å². The van der Waals surface area contributed by atoms with Gasteiger partial charge < -0.3 is 14.2 Å². The highest BCUT2D eigenvalue weighted by molar-refractivity contribution is 6.09. The highest BCUT2D eigenvalue weighted by Crippen LogP contribution is 2.24. The smallest absolute Gasteiger partial charge is 0.305 e. The van der Waals surface area contributed by atoms with Gasteiger partial charge in [-0.25, -0.2) is 0 Å². The van der Waals surface area contributed by atoms with Crippen molar-refractivity contribution in [1.82, 2.24) is 0 Å². The van der Waals surface area contributed by atoms with Crippen LogP contribution in [-0.4, -0.2) is 32.1 Å². The zero-order valence-electron chi connectivity index (χ0n) is 17.7. The van der Waals surface area contributed by atoms with Crippen molar-refractivity contribution in [1.29, 1.82) is 0 Å². The summed E-state index contributed by atoms with van der Waals surface area (Å²) in [6.07, 6.45) is 1.57. The third-order valence-corrected chi connectivity index (χ3v) is 4.31. The maximum Gasteiger partial charge on any atom is 0.305 e. The number of hydrogen-bond donors (Lipinski definition) is 0. The van der Waals surface area contributed by atoms with E-state index in [9.17, 15) is 9.59 Å². The van der Waals surface area contributed by atoms with E-state index in [0.717, 1.165) is 17.7 Å². The van der Waals surface area contributed by atoms with Crippen molar-refractivity contribution in [3.63, 3.8) is 0 Å². The molecule has 2 aromatic rings. The van der Waals surface area contributed by atoms with Gasteiger partial charge in [0.05, 0.1) is 20.3 Å². The topological polar surface area (TPSA) is 61.8 Å². The molecule has 29 heavy (non-hydrogen) atoms. The van der Waals surface area contributed by atoms with Crippen LogP contribution < -0.4 is 9.47 Å². The Bertz CT molecular complexity index is 809. The molecule has 0 atom stereocenters. The molecule has 0 amide bonds. The van der Waals surface area contributed by atoms with Crippen molar-refractivity contribution in [2.45, 2.75) is 40.0 Å². The van der Waals surface area contributed by atoms with Crippen LogP contribution in [0, 0.1) is 5.92 Å². The van der Waals surface area contributed by atoms with E-state index >= 15 is 0 Å². The van der Waals surface area contributed by atoms with Crippen LogP contribution in [0.15, 0.2) is 42.5 Å². The molecule has 0 aliphatic heterocycles. The molecule has 0 saturated carbocycles. The number of hydrogen-bond acceptors (Lipinski definition) is 5. The Hall–Kier alpha value is -2.82. The van der Waals surface area contributed by atoms with Crippen molar-refractivity contribution in [2.75, 3.05) is 20.3 Å². The molecule has 0 unspecified atom stereocenters. The highest BCUT2D eigenvalue weighted by Gasteiger charge is 2.14. The molecular weight excluding hydrogens is 368 g/mol. The highest BCUT2D eigenvalue weighted by atomic mass is 16.5. The number of rotatable bonds is 11. The second kappa shape index (κ2) is 11.2. The van der Waals surface area contributed by atoms with Crippen molar-refractivity contribution in [3.8, 4) is 11.5 Å². The Kier molecular flexibility index (Phi) is 8.71. The Morgan fingerprint density at radius 2 is 1.66 bits per heavy atom. The minimum Gasteiger partial charge on any atom is -0.493 e. The number of ether oxygens (including phenoxy) is 3. The van der Waals surface area contributed by atoms with Gasteiger partial charge in [0, 0.05) is 17.5 Å². The van der Waals surface area contributed by atoms with Gasteiger partial charge in [-0.15, -0.1) is 0 Å². The average Bonchev–Trinajstić information content (AvgIpc) is 2.74. The largest absolute Gasteiger partial charge is 0.493 e. The first-order valence-electron chi connectivity index (χ1n) is 10.0. The SMILES string of the molecule is CCCOc1ccc(C(=O)c2ccc(OCC(C)C)cc2)cc1CCC(=O)OC. The fraction of sp³-hybridized carbons (Fsp3) is 0.417. The van der Waals surface area contributed by atoms with Gasteiger partial charge in [0.25, 0.3) is 0 Å². The first-order chi connectivity index (χ1) is 13.9. The molecule has 0 radical (unpaired) electrons. The van der Waals surface area contributed by atoms with E-state index in [-0.39, 0.29) is 18.2 Å². The van der Waals surface area contributed by atoms with Gasteiger partial charge in [-0.1, -0.05) is 20.8 Å². The second-order valence-corrected chi connectivity index (χ2v) is 7.31. The standard InChI is InChI=1S/C24H30O5/c1-5-14-28-22-12-8-20(15-19(22)9-13-23(25)27-4)24(26)18-6-10-21(11-7-18)29-16-17(2)3/h6-8,10-12,15,17H,5,9,13-14,16H2,1-4H3. The molecule has 0 aliphatic rings. The summed E-state index contributed by atoms with van der Waals surface area (Å²) in [7, 11) is 1.37. The molecule has 2 aromatic carbocycles. The zero-order chi connectivity index (χ0) is 21.2. The first kappa shape index (κ1) is 22.5. The molecule has 0 aliphatic carbocycles. The number of methoxy groups -OCH3 is 1. The third-order valence-electron chi connectivity index (χ3n) is 4.31. The van der Waals surface area contributed by atoms with Gasteiger partial charge >= 0.3 is 5.97 Å². The number of ketones is 1. The lowest BCUT2D eigenvalue weighted by molar-refractivity contribution is -0.140. The van der Waals surface area contributed by atoms with Gasteiger partial charge in [0.15, 0.2) is 5.78 Å². The van der Waals surface area contributed by atoms with Gasteiger partial charge in [-0.05, 0) is 66.8 Å². The van der Waals surface area contributed by atoms with Crippen LogP contribution in [-0.2, 0) is 16.0 Å². The second-order valence-electron chi connectivity index (χ2n) is 7.31. The Balaban J connectivity index is 2.19. The van der Waals surface area contributed by atoms with Gasteiger partial charge in [-0.2, -0.15) is 0 Å².